The SMILES string of the molecule is CCc1noc(C)c1C(=O)NC1(CC(=O)O)CCCCC1. The molecule has 0 bridgehead atoms. The monoisotopic (exact) mass is 294 g/mol. The van der Waals surface area contributed by atoms with E-state index in [1.54, 1.807) is 6.92 Å². The van der Waals surface area contributed by atoms with Gasteiger partial charge in [0.15, 0.2) is 0 Å². The summed E-state index contributed by atoms with van der Waals surface area (Å²) in [4.78, 5) is 23.7. The number of rotatable bonds is 5. The number of carbonyl (C=O) groups is 2. The Morgan fingerprint density at radius 1 is 1.33 bits per heavy atom. The summed E-state index contributed by atoms with van der Waals surface area (Å²) in [5, 5.41) is 16.0. The molecule has 0 saturated heterocycles. The van der Waals surface area contributed by atoms with Gasteiger partial charge in [-0.25, -0.2) is 0 Å². The number of carboxylic acids is 1. The number of carboxylic acid groups (broad SMARTS) is 1. The van der Waals surface area contributed by atoms with Gasteiger partial charge in [0.1, 0.15) is 11.3 Å². The summed E-state index contributed by atoms with van der Waals surface area (Å²) in [6, 6.07) is 0. The lowest BCUT2D eigenvalue weighted by Crippen LogP contribution is -2.51. The van der Waals surface area contributed by atoms with Crippen LogP contribution in [0.3, 0.4) is 0 Å². The quantitative estimate of drug-likeness (QED) is 0.870. The topological polar surface area (TPSA) is 92.4 Å². The van der Waals surface area contributed by atoms with Crippen LogP contribution in [0.2, 0.25) is 0 Å². The Kier molecular flexibility index (Phi) is 4.65. The van der Waals surface area contributed by atoms with Gasteiger partial charge in [0, 0.05) is 0 Å². The van der Waals surface area contributed by atoms with Gasteiger partial charge in [0.05, 0.1) is 17.7 Å². The molecule has 2 rings (SSSR count). The number of amides is 1. The minimum Gasteiger partial charge on any atom is -0.481 e. The lowest BCUT2D eigenvalue weighted by atomic mass is 9.79. The van der Waals surface area contributed by atoms with Crippen LogP contribution in [0.5, 0.6) is 0 Å². The van der Waals surface area contributed by atoms with Gasteiger partial charge in [0.25, 0.3) is 5.91 Å². The highest BCUT2D eigenvalue weighted by atomic mass is 16.5. The van der Waals surface area contributed by atoms with Crippen molar-refractivity contribution in [2.45, 2.75) is 64.3 Å². The highest BCUT2D eigenvalue weighted by Crippen LogP contribution is 2.32. The van der Waals surface area contributed by atoms with Gasteiger partial charge in [0.2, 0.25) is 0 Å². The predicted molar refractivity (Wildman–Crippen MR) is 76.2 cm³/mol. The molecule has 6 heteroatoms. The zero-order valence-corrected chi connectivity index (χ0v) is 12.6. The van der Waals surface area contributed by atoms with Crippen LogP contribution < -0.4 is 5.32 Å². The van der Waals surface area contributed by atoms with Gasteiger partial charge in [-0.1, -0.05) is 31.3 Å². The van der Waals surface area contributed by atoms with Crippen molar-refractivity contribution < 1.29 is 19.2 Å². The molecule has 21 heavy (non-hydrogen) atoms. The molecule has 0 atom stereocenters. The van der Waals surface area contributed by atoms with Gasteiger partial charge in [-0.2, -0.15) is 0 Å². The van der Waals surface area contributed by atoms with Gasteiger partial charge < -0.3 is 14.9 Å². The Bertz CT molecular complexity index is 530. The number of aryl methyl sites for hydroxylation is 2. The van der Waals surface area contributed by atoms with Crippen LogP contribution in [0.4, 0.5) is 0 Å². The molecule has 6 nitrogen and oxygen atoms in total. The molecule has 1 aromatic heterocycles. The maximum absolute atomic E-state index is 12.6. The largest absolute Gasteiger partial charge is 0.481 e. The molecule has 1 fully saturated rings. The van der Waals surface area contributed by atoms with Crippen LogP contribution in [0.15, 0.2) is 4.52 Å². The van der Waals surface area contributed by atoms with E-state index in [2.05, 4.69) is 10.5 Å². The van der Waals surface area contributed by atoms with Crippen molar-refractivity contribution in [3.63, 3.8) is 0 Å². The molecule has 0 aromatic carbocycles. The number of hydrogen-bond donors (Lipinski definition) is 2. The van der Waals surface area contributed by atoms with E-state index in [1.165, 1.54) is 0 Å². The van der Waals surface area contributed by atoms with Crippen molar-refractivity contribution in [2.24, 2.45) is 0 Å². The molecule has 1 aromatic rings. The van der Waals surface area contributed by atoms with Crippen LogP contribution in [0, 0.1) is 6.92 Å². The highest BCUT2D eigenvalue weighted by Gasteiger charge is 2.37. The second kappa shape index (κ2) is 6.28. The van der Waals surface area contributed by atoms with E-state index in [9.17, 15) is 9.59 Å². The van der Waals surface area contributed by atoms with Crippen molar-refractivity contribution in [3.8, 4) is 0 Å². The molecule has 0 spiro atoms. The second-order valence-corrected chi connectivity index (χ2v) is 5.78. The van der Waals surface area contributed by atoms with Gasteiger partial charge in [-0.15, -0.1) is 0 Å². The van der Waals surface area contributed by atoms with Gasteiger partial charge in [-0.05, 0) is 26.2 Å². The van der Waals surface area contributed by atoms with Crippen molar-refractivity contribution in [3.05, 3.63) is 17.0 Å². The standard InChI is InChI=1S/C15H22N2O4/c1-3-11-13(10(2)21-17-11)14(20)16-15(9-12(18)19)7-5-4-6-8-15/h3-9H2,1-2H3,(H,16,20)(H,18,19). The Morgan fingerprint density at radius 3 is 2.57 bits per heavy atom. The zero-order chi connectivity index (χ0) is 15.5. The Hall–Kier alpha value is -1.85. The molecular weight excluding hydrogens is 272 g/mol. The van der Waals surface area contributed by atoms with Crippen LogP contribution in [0.25, 0.3) is 0 Å². The molecule has 116 valence electrons. The first kappa shape index (κ1) is 15.5. The summed E-state index contributed by atoms with van der Waals surface area (Å²) in [6.07, 6.45) is 4.95. The normalized spacial score (nSPS) is 17.4. The number of nitrogens with zero attached hydrogens (tertiary/aromatic N) is 1. The fourth-order valence-corrected chi connectivity index (χ4v) is 3.12. The molecule has 0 radical (unpaired) electrons. The lowest BCUT2D eigenvalue weighted by molar-refractivity contribution is -0.139. The van der Waals surface area contributed by atoms with E-state index in [0.29, 0.717) is 36.3 Å². The van der Waals surface area contributed by atoms with Crippen LogP contribution in [-0.4, -0.2) is 27.7 Å². The molecule has 0 aliphatic heterocycles. The highest BCUT2D eigenvalue weighted by molar-refractivity contribution is 5.96. The smallest absolute Gasteiger partial charge is 0.305 e. The summed E-state index contributed by atoms with van der Waals surface area (Å²) in [5.41, 5.74) is 0.426. The van der Waals surface area contributed by atoms with E-state index < -0.39 is 11.5 Å². The Labute approximate surface area is 123 Å². The maximum Gasteiger partial charge on any atom is 0.305 e. The fraction of sp³-hybridized carbons (Fsp3) is 0.667. The predicted octanol–water partition coefficient (Wildman–Crippen LogP) is 2.45. The summed E-state index contributed by atoms with van der Waals surface area (Å²) in [7, 11) is 0. The zero-order valence-electron chi connectivity index (χ0n) is 12.6. The molecule has 1 saturated carbocycles. The molecule has 2 N–H and O–H groups in total. The van der Waals surface area contributed by atoms with E-state index in [-0.39, 0.29) is 12.3 Å². The first-order valence-corrected chi connectivity index (χ1v) is 7.47. The summed E-state index contributed by atoms with van der Waals surface area (Å²) < 4.78 is 5.08. The van der Waals surface area contributed by atoms with Crippen LogP contribution in [-0.2, 0) is 11.2 Å². The molecule has 0 unspecified atom stereocenters. The third-order valence-electron chi connectivity index (χ3n) is 4.17. The summed E-state index contributed by atoms with van der Waals surface area (Å²) >= 11 is 0. The molecule has 1 heterocycles. The third kappa shape index (κ3) is 3.43. The molecular formula is C15H22N2O4. The first-order chi connectivity index (χ1) is 9.97. The average molecular weight is 294 g/mol. The van der Waals surface area contributed by atoms with E-state index in [0.717, 1.165) is 19.3 Å². The Balaban J connectivity index is 2.21. The summed E-state index contributed by atoms with van der Waals surface area (Å²) in [6.45, 7) is 3.60. The second-order valence-electron chi connectivity index (χ2n) is 5.78. The van der Waals surface area contributed by atoms with E-state index in [4.69, 9.17) is 9.63 Å². The van der Waals surface area contributed by atoms with Crippen molar-refractivity contribution in [2.75, 3.05) is 0 Å². The Morgan fingerprint density at radius 2 is 2.00 bits per heavy atom. The number of nitrogens with one attached hydrogen (secondary N) is 1. The lowest BCUT2D eigenvalue weighted by Gasteiger charge is -2.37. The maximum atomic E-state index is 12.6. The fourth-order valence-electron chi connectivity index (χ4n) is 3.12. The molecule has 1 aliphatic carbocycles. The minimum absolute atomic E-state index is 0.0372. The third-order valence-corrected chi connectivity index (χ3v) is 4.17. The van der Waals surface area contributed by atoms with Gasteiger partial charge in [-0.3, -0.25) is 9.59 Å². The van der Waals surface area contributed by atoms with Crippen molar-refractivity contribution in [1.29, 1.82) is 0 Å². The van der Waals surface area contributed by atoms with E-state index >= 15 is 0 Å². The number of aromatic nitrogens is 1. The van der Waals surface area contributed by atoms with Crippen LogP contribution in [0.1, 0.15) is 67.3 Å². The van der Waals surface area contributed by atoms with Crippen molar-refractivity contribution >= 4 is 11.9 Å². The molecule has 1 amide bonds. The van der Waals surface area contributed by atoms with Crippen molar-refractivity contribution in [1.82, 2.24) is 10.5 Å². The number of aliphatic carboxylic acids is 1. The van der Waals surface area contributed by atoms with E-state index in [1.807, 2.05) is 6.92 Å². The van der Waals surface area contributed by atoms with Crippen LogP contribution >= 0.6 is 0 Å². The number of carbonyl (C=O) groups excluding carboxylic acids is 1. The number of hydrogen-bond acceptors (Lipinski definition) is 4. The minimum atomic E-state index is -0.880. The first-order valence-electron chi connectivity index (χ1n) is 7.47. The average Bonchev–Trinajstić information content (AvgIpc) is 2.79. The van der Waals surface area contributed by atoms with Gasteiger partial charge >= 0.3 is 5.97 Å². The summed E-state index contributed by atoms with van der Waals surface area (Å²) in [5.74, 6) is -0.672. The molecule has 1 aliphatic rings.